The van der Waals surface area contributed by atoms with E-state index in [1.807, 2.05) is 32.0 Å². The largest absolute Gasteiger partial charge is 0.295 e. The van der Waals surface area contributed by atoms with Gasteiger partial charge in [0.15, 0.2) is 0 Å². The number of rotatable bonds is 4. The van der Waals surface area contributed by atoms with Crippen LogP contribution in [0.4, 0.5) is 0 Å². The molecule has 138 valence electrons. The molecule has 0 radical (unpaired) electrons. The number of H-pyrrole nitrogens is 1. The fourth-order valence-corrected chi connectivity index (χ4v) is 2.71. The maximum absolute atomic E-state index is 12.7. The molecule has 3 aromatic rings. The van der Waals surface area contributed by atoms with Gasteiger partial charge in [-0.1, -0.05) is 35.4 Å². The Morgan fingerprint density at radius 2 is 1.85 bits per heavy atom. The minimum absolute atomic E-state index is 0.277. The standard InChI is InChI=1S/C20H19ClN4O2/c1-12-4-7-15(8-5-12)19(26)23-22-11-17-14(3)24-25(20(17)27)16-9-6-13(2)18(21)10-16/h4-11,24H,1-3H3,(H,23,26). The molecular weight excluding hydrogens is 364 g/mol. The second kappa shape index (κ2) is 7.63. The molecular formula is C20H19ClN4O2. The zero-order valence-corrected chi connectivity index (χ0v) is 16.0. The highest BCUT2D eigenvalue weighted by Crippen LogP contribution is 2.18. The molecule has 0 aliphatic heterocycles. The van der Waals surface area contributed by atoms with Crippen molar-refractivity contribution in [3.8, 4) is 5.69 Å². The Morgan fingerprint density at radius 1 is 1.15 bits per heavy atom. The van der Waals surface area contributed by atoms with Crippen LogP contribution in [0.1, 0.15) is 32.7 Å². The van der Waals surface area contributed by atoms with Crippen LogP contribution in [0.3, 0.4) is 0 Å². The Bertz CT molecular complexity index is 1080. The number of hydrogen-bond acceptors (Lipinski definition) is 3. The Kier molecular flexibility index (Phi) is 5.28. The van der Waals surface area contributed by atoms with E-state index < -0.39 is 0 Å². The van der Waals surface area contributed by atoms with Gasteiger partial charge in [0.05, 0.1) is 17.5 Å². The molecule has 0 unspecified atom stereocenters. The van der Waals surface area contributed by atoms with Crippen LogP contribution in [-0.4, -0.2) is 21.9 Å². The first-order chi connectivity index (χ1) is 12.9. The fraction of sp³-hybridized carbons (Fsp3) is 0.150. The second-order valence-electron chi connectivity index (χ2n) is 6.29. The summed E-state index contributed by atoms with van der Waals surface area (Å²) >= 11 is 6.15. The van der Waals surface area contributed by atoms with Crippen LogP contribution in [0, 0.1) is 20.8 Å². The number of nitrogens with one attached hydrogen (secondary N) is 2. The van der Waals surface area contributed by atoms with Crippen molar-refractivity contribution >= 4 is 23.7 Å². The van der Waals surface area contributed by atoms with Gasteiger partial charge in [-0.25, -0.2) is 10.1 Å². The van der Waals surface area contributed by atoms with Gasteiger partial charge in [-0.05, 0) is 50.6 Å². The van der Waals surface area contributed by atoms with Gasteiger partial charge in [0.2, 0.25) is 0 Å². The summed E-state index contributed by atoms with van der Waals surface area (Å²) in [7, 11) is 0. The highest BCUT2D eigenvalue weighted by molar-refractivity contribution is 6.31. The Labute approximate surface area is 161 Å². The number of aromatic nitrogens is 2. The van der Waals surface area contributed by atoms with Crippen molar-refractivity contribution in [2.75, 3.05) is 0 Å². The molecule has 1 aromatic heterocycles. The van der Waals surface area contributed by atoms with Crippen molar-refractivity contribution in [3.63, 3.8) is 0 Å². The molecule has 2 N–H and O–H groups in total. The molecule has 2 aromatic carbocycles. The van der Waals surface area contributed by atoms with Gasteiger partial charge in [-0.2, -0.15) is 5.10 Å². The zero-order valence-electron chi connectivity index (χ0n) is 15.2. The van der Waals surface area contributed by atoms with Crippen LogP contribution in [-0.2, 0) is 0 Å². The first kappa shape index (κ1) is 18.7. The van der Waals surface area contributed by atoms with Crippen molar-refractivity contribution in [1.29, 1.82) is 0 Å². The van der Waals surface area contributed by atoms with E-state index in [0.717, 1.165) is 11.1 Å². The highest BCUT2D eigenvalue weighted by atomic mass is 35.5. The molecule has 0 bridgehead atoms. The van der Waals surface area contributed by atoms with Gasteiger partial charge in [0.1, 0.15) is 0 Å². The average Bonchev–Trinajstić information content (AvgIpc) is 2.92. The molecule has 27 heavy (non-hydrogen) atoms. The maximum atomic E-state index is 12.7. The summed E-state index contributed by atoms with van der Waals surface area (Å²) in [5.74, 6) is -0.343. The second-order valence-corrected chi connectivity index (χ2v) is 6.70. The van der Waals surface area contributed by atoms with E-state index in [9.17, 15) is 9.59 Å². The van der Waals surface area contributed by atoms with Gasteiger partial charge in [0.25, 0.3) is 11.5 Å². The smallest absolute Gasteiger partial charge is 0.280 e. The summed E-state index contributed by atoms with van der Waals surface area (Å²) in [4.78, 5) is 24.7. The quantitative estimate of drug-likeness (QED) is 0.535. The van der Waals surface area contributed by atoms with Crippen LogP contribution < -0.4 is 11.0 Å². The van der Waals surface area contributed by atoms with Crippen molar-refractivity contribution in [3.05, 3.63) is 85.8 Å². The lowest BCUT2D eigenvalue weighted by molar-refractivity contribution is 0.0955. The highest BCUT2D eigenvalue weighted by Gasteiger charge is 2.12. The number of carbonyl (C=O) groups is 1. The van der Waals surface area contributed by atoms with E-state index in [0.29, 0.717) is 27.5 Å². The molecule has 0 spiro atoms. The Hall–Kier alpha value is -3.12. The van der Waals surface area contributed by atoms with E-state index in [1.165, 1.54) is 10.9 Å². The third-order valence-corrected chi connectivity index (χ3v) is 4.61. The summed E-state index contributed by atoms with van der Waals surface area (Å²) in [5, 5.41) is 7.49. The van der Waals surface area contributed by atoms with Crippen LogP contribution >= 0.6 is 11.6 Å². The summed E-state index contributed by atoms with van der Waals surface area (Å²) in [6.07, 6.45) is 1.34. The van der Waals surface area contributed by atoms with Crippen molar-refractivity contribution in [2.45, 2.75) is 20.8 Å². The number of aryl methyl sites for hydroxylation is 3. The van der Waals surface area contributed by atoms with Crippen molar-refractivity contribution in [1.82, 2.24) is 15.2 Å². The van der Waals surface area contributed by atoms with Gasteiger partial charge >= 0.3 is 0 Å². The molecule has 3 rings (SSSR count). The SMILES string of the molecule is Cc1ccc(C(=O)NN=Cc2c(C)[nH]n(-c3ccc(C)c(Cl)c3)c2=O)cc1. The first-order valence-corrected chi connectivity index (χ1v) is 8.73. The third-order valence-electron chi connectivity index (χ3n) is 4.20. The van der Waals surface area contributed by atoms with Gasteiger partial charge in [-0.15, -0.1) is 0 Å². The predicted octanol–water partition coefficient (Wildman–Crippen LogP) is 3.51. The van der Waals surface area contributed by atoms with E-state index in [4.69, 9.17) is 11.6 Å². The molecule has 0 aliphatic carbocycles. The number of carbonyl (C=O) groups excluding carboxylic acids is 1. The average molecular weight is 383 g/mol. The van der Waals surface area contributed by atoms with Crippen LogP contribution in [0.15, 0.2) is 52.4 Å². The lowest BCUT2D eigenvalue weighted by atomic mass is 10.1. The van der Waals surface area contributed by atoms with Gasteiger partial charge < -0.3 is 0 Å². The summed E-state index contributed by atoms with van der Waals surface area (Å²) in [6.45, 7) is 5.60. The Balaban J connectivity index is 1.81. The molecule has 1 heterocycles. The van der Waals surface area contributed by atoms with Crippen LogP contribution in [0.2, 0.25) is 5.02 Å². The van der Waals surface area contributed by atoms with E-state index >= 15 is 0 Å². The van der Waals surface area contributed by atoms with Crippen LogP contribution in [0.5, 0.6) is 0 Å². The molecule has 1 amide bonds. The minimum Gasteiger partial charge on any atom is -0.295 e. The lowest BCUT2D eigenvalue weighted by Crippen LogP contribution is -2.20. The summed E-state index contributed by atoms with van der Waals surface area (Å²) in [5.41, 5.74) is 6.26. The number of aromatic amines is 1. The van der Waals surface area contributed by atoms with Crippen LogP contribution in [0.25, 0.3) is 5.69 Å². The van der Waals surface area contributed by atoms with Gasteiger partial charge in [0, 0.05) is 16.3 Å². The number of amides is 1. The number of hydrogen-bond donors (Lipinski definition) is 2. The number of nitrogens with zero attached hydrogens (tertiary/aromatic N) is 2. The van der Waals surface area contributed by atoms with Crippen molar-refractivity contribution < 1.29 is 4.79 Å². The summed E-state index contributed by atoms with van der Waals surface area (Å²) in [6, 6.07) is 12.5. The van der Waals surface area contributed by atoms with E-state index in [1.54, 1.807) is 31.2 Å². The molecule has 0 atom stereocenters. The summed E-state index contributed by atoms with van der Waals surface area (Å²) < 4.78 is 1.39. The van der Waals surface area contributed by atoms with Gasteiger partial charge in [-0.3, -0.25) is 14.7 Å². The molecule has 0 fully saturated rings. The normalized spacial score (nSPS) is 11.1. The first-order valence-electron chi connectivity index (χ1n) is 8.35. The molecule has 6 nitrogen and oxygen atoms in total. The molecule has 0 aliphatic rings. The number of hydrazone groups is 1. The minimum atomic E-state index is -0.343. The monoisotopic (exact) mass is 382 g/mol. The topological polar surface area (TPSA) is 79.2 Å². The lowest BCUT2D eigenvalue weighted by Gasteiger charge is -2.04. The zero-order chi connectivity index (χ0) is 19.6. The molecule has 0 saturated heterocycles. The third kappa shape index (κ3) is 4.01. The van der Waals surface area contributed by atoms with E-state index in [-0.39, 0.29) is 11.5 Å². The molecule has 7 heteroatoms. The Morgan fingerprint density at radius 3 is 2.52 bits per heavy atom. The molecule has 0 saturated carbocycles. The maximum Gasteiger partial charge on any atom is 0.280 e. The van der Waals surface area contributed by atoms with E-state index in [2.05, 4.69) is 15.6 Å². The number of halogens is 1. The fourth-order valence-electron chi connectivity index (χ4n) is 2.54. The van der Waals surface area contributed by atoms with Crippen molar-refractivity contribution in [2.24, 2.45) is 5.10 Å². The predicted molar refractivity (Wildman–Crippen MR) is 107 cm³/mol. The number of benzene rings is 2.